The van der Waals surface area contributed by atoms with Crippen LogP contribution in [-0.2, 0) is 10.0 Å². The number of carboxylic acids is 1. The van der Waals surface area contributed by atoms with Crippen LogP contribution in [0, 0.1) is 0 Å². The van der Waals surface area contributed by atoms with Crippen molar-refractivity contribution in [1.29, 1.82) is 0 Å². The molecule has 1 saturated carbocycles. The molecule has 2 aliphatic rings. The van der Waals surface area contributed by atoms with Crippen LogP contribution in [0.15, 0.2) is 47.4 Å². The van der Waals surface area contributed by atoms with E-state index in [1.165, 1.54) is 18.2 Å². The second-order valence-electron chi connectivity index (χ2n) is 6.42. The molecule has 1 spiro atoms. The van der Waals surface area contributed by atoms with E-state index >= 15 is 0 Å². The molecule has 2 aromatic rings. The Morgan fingerprint density at radius 3 is 2.50 bits per heavy atom. The highest BCUT2D eigenvalue weighted by Gasteiger charge is 2.44. The quantitative estimate of drug-likeness (QED) is 0.851. The number of fused-ring (bicyclic) bond motifs is 1. The predicted octanol–water partition coefficient (Wildman–Crippen LogP) is 3.23. The maximum Gasteiger partial charge on any atom is 0.335 e. The number of carbonyl (C=O) groups is 1. The van der Waals surface area contributed by atoms with E-state index in [1.54, 1.807) is 18.2 Å². The monoisotopic (exact) mass is 375 g/mol. The number of benzene rings is 2. The lowest BCUT2D eigenvalue weighted by Gasteiger charge is -2.21. The van der Waals surface area contributed by atoms with Crippen LogP contribution in [0.1, 0.15) is 36.0 Å². The first-order valence-corrected chi connectivity index (χ1v) is 9.74. The molecular formula is C18H17NO6S. The highest BCUT2D eigenvalue weighted by atomic mass is 32.2. The molecule has 8 heteroatoms. The summed E-state index contributed by atoms with van der Waals surface area (Å²) in [6, 6.07) is 10.0. The fourth-order valence-corrected chi connectivity index (χ4v) is 4.38. The van der Waals surface area contributed by atoms with Gasteiger partial charge in [-0.2, -0.15) is 0 Å². The zero-order valence-electron chi connectivity index (χ0n) is 13.8. The molecule has 2 aromatic carbocycles. The van der Waals surface area contributed by atoms with Gasteiger partial charge in [0.15, 0.2) is 11.5 Å². The van der Waals surface area contributed by atoms with Gasteiger partial charge in [-0.3, -0.25) is 4.72 Å². The van der Waals surface area contributed by atoms with Crippen molar-refractivity contribution in [3.05, 3.63) is 48.0 Å². The molecule has 2 N–H and O–H groups in total. The van der Waals surface area contributed by atoms with Gasteiger partial charge in [-0.25, -0.2) is 13.2 Å². The summed E-state index contributed by atoms with van der Waals surface area (Å²) in [4.78, 5) is 10.9. The van der Waals surface area contributed by atoms with Gasteiger partial charge in [-0.05, 0) is 43.2 Å². The lowest BCUT2D eigenvalue weighted by Crippen LogP contribution is -2.34. The first-order chi connectivity index (χ1) is 12.4. The third kappa shape index (κ3) is 2.96. The predicted molar refractivity (Wildman–Crippen MR) is 93.1 cm³/mol. The minimum absolute atomic E-state index is 0.0956. The third-order valence-corrected chi connectivity index (χ3v) is 5.92. The van der Waals surface area contributed by atoms with Crippen LogP contribution in [0.4, 0.5) is 5.69 Å². The molecule has 0 aromatic heterocycles. The third-order valence-electron chi connectivity index (χ3n) is 4.54. The standard InChI is InChI=1S/C18H17NO6S/c20-17(21)12-4-3-5-14(10-12)26(22,23)19-13-6-7-15-16(11-13)25-18(24-15)8-1-2-9-18/h3-7,10-11,19H,1-2,8-9H2,(H,20,21). The van der Waals surface area contributed by atoms with E-state index in [4.69, 9.17) is 14.6 Å². The zero-order valence-corrected chi connectivity index (χ0v) is 14.6. The van der Waals surface area contributed by atoms with Crippen LogP contribution in [0.3, 0.4) is 0 Å². The van der Waals surface area contributed by atoms with Gasteiger partial charge in [0.1, 0.15) is 0 Å². The Morgan fingerprint density at radius 2 is 1.77 bits per heavy atom. The van der Waals surface area contributed by atoms with Gasteiger partial charge in [-0.1, -0.05) is 6.07 Å². The summed E-state index contributed by atoms with van der Waals surface area (Å²) in [7, 11) is -3.92. The summed E-state index contributed by atoms with van der Waals surface area (Å²) in [6.45, 7) is 0. The average Bonchev–Trinajstić information content (AvgIpc) is 3.20. The largest absolute Gasteiger partial charge is 0.478 e. The highest BCUT2D eigenvalue weighted by molar-refractivity contribution is 7.92. The minimum Gasteiger partial charge on any atom is -0.478 e. The maximum absolute atomic E-state index is 12.6. The molecule has 0 saturated heterocycles. The number of aromatic carboxylic acids is 1. The van der Waals surface area contributed by atoms with E-state index in [-0.39, 0.29) is 10.5 Å². The first-order valence-electron chi connectivity index (χ1n) is 8.25. The summed E-state index contributed by atoms with van der Waals surface area (Å²) in [6.07, 6.45) is 3.69. The van der Waals surface area contributed by atoms with E-state index in [2.05, 4.69) is 4.72 Å². The van der Waals surface area contributed by atoms with Crippen molar-refractivity contribution >= 4 is 21.7 Å². The topological polar surface area (TPSA) is 102 Å². The molecule has 1 fully saturated rings. The van der Waals surface area contributed by atoms with E-state index in [0.29, 0.717) is 17.2 Å². The number of nitrogens with one attached hydrogen (secondary N) is 1. The van der Waals surface area contributed by atoms with Gasteiger partial charge < -0.3 is 14.6 Å². The Hall–Kier alpha value is -2.74. The molecule has 0 amide bonds. The number of hydrogen-bond acceptors (Lipinski definition) is 5. The molecule has 1 heterocycles. The van der Waals surface area contributed by atoms with Crippen molar-refractivity contribution in [3.8, 4) is 11.5 Å². The van der Waals surface area contributed by atoms with Gasteiger partial charge in [0.25, 0.3) is 15.8 Å². The van der Waals surface area contributed by atoms with Crippen LogP contribution in [0.25, 0.3) is 0 Å². The second-order valence-corrected chi connectivity index (χ2v) is 8.10. The van der Waals surface area contributed by atoms with Gasteiger partial charge >= 0.3 is 5.97 Å². The zero-order chi connectivity index (χ0) is 18.4. The van der Waals surface area contributed by atoms with Crippen molar-refractivity contribution in [2.24, 2.45) is 0 Å². The Morgan fingerprint density at radius 1 is 1.04 bits per heavy atom. The van der Waals surface area contributed by atoms with Gasteiger partial charge in [-0.15, -0.1) is 0 Å². The summed E-state index contributed by atoms with van der Waals surface area (Å²) in [5, 5.41) is 9.03. The molecule has 26 heavy (non-hydrogen) atoms. The highest BCUT2D eigenvalue weighted by Crippen LogP contribution is 2.47. The smallest absolute Gasteiger partial charge is 0.335 e. The number of sulfonamides is 1. The molecule has 0 bridgehead atoms. The molecule has 4 rings (SSSR count). The Bertz CT molecular complexity index is 979. The van der Waals surface area contributed by atoms with E-state index in [0.717, 1.165) is 31.7 Å². The number of ether oxygens (including phenoxy) is 2. The Balaban J connectivity index is 1.58. The molecule has 7 nitrogen and oxygen atoms in total. The fraction of sp³-hybridized carbons (Fsp3) is 0.278. The second kappa shape index (κ2) is 5.91. The number of hydrogen-bond donors (Lipinski definition) is 2. The SMILES string of the molecule is O=C(O)c1cccc(S(=O)(=O)Nc2ccc3c(c2)OC2(CCCC2)O3)c1. The summed E-state index contributed by atoms with van der Waals surface area (Å²) in [5.41, 5.74) is 0.227. The van der Waals surface area contributed by atoms with Gasteiger partial charge in [0.05, 0.1) is 16.1 Å². The van der Waals surface area contributed by atoms with Crippen molar-refractivity contribution in [2.45, 2.75) is 36.4 Å². The fourth-order valence-electron chi connectivity index (χ4n) is 3.29. The lowest BCUT2D eigenvalue weighted by atomic mass is 10.2. The summed E-state index contributed by atoms with van der Waals surface area (Å²) >= 11 is 0. The summed E-state index contributed by atoms with van der Waals surface area (Å²) < 4.78 is 39.4. The molecule has 1 aliphatic carbocycles. The van der Waals surface area contributed by atoms with Crippen LogP contribution in [0.2, 0.25) is 0 Å². The van der Waals surface area contributed by atoms with Crippen molar-refractivity contribution < 1.29 is 27.8 Å². The van der Waals surface area contributed by atoms with E-state index < -0.39 is 21.8 Å². The Kier molecular flexibility index (Phi) is 3.80. The lowest BCUT2D eigenvalue weighted by molar-refractivity contribution is -0.0716. The number of rotatable bonds is 4. The van der Waals surface area contributed by atoms with Crippen molar-refractivity contribution in [1.82, 2.24) is 0 Å². The first kappa shape index (κ1) is 16.7. The normalized spacial score (nSPS) is 17.4. The van der Waals surface area contributed by atoms with Gasteiger partial charge in [0, 0.05) is 18.9 Å². The maximum atomic E-state index is 12.6. The Labute approximate surface area is 150 Å². The van der Waals surface area contributed by atoms with Crippen LogP contribution in [-0.4, -0.2) is 25.3 Å². The van der Waals surface area contributed by atoms with Crippen molar-refractivity contribution in [2.75, 3.05) is 4.72 Å². The summed E-state index contributed by atoms with van der Waals surface area (Å²) in [5.74, 6) is -0.698. The van der Waals surface area contributed by atoms with Crippen LogP contribution >= 0.6 is 0 Å². The van der Waals surface area contributed by atoms with E-state index in [9.17, 15) is 13.2 Å². The van der Waals surface area contributed by atoms with Crippen molar-refractivity contribution in [3.63, 3.8) is 0 Å². The average molecular weight is 375 g/mol. The molecule has 136 valence electrons. The van der Waals surface area contributed by atoms with Crippen LogP contribution < -0.4 is 14.2 Å². The molecular weight excluding hydrogens is 358 g/mol. The molecule has 0 radical (unpaired) electrons. The molecule has 1 aliphatic heterocycles. The van der Waals surface area contributed by atoms with Gasteiger partial charge in [0.2, 0.25) is 0 Å². The number of anilines is 1. The van der Waals surface area contributed by atoms with Crippen LogP contribution in [0.5, 0.6) is 11.5 Å². The molecule has 0 unspecified atom stereocenters. The molecule has 0 atom stereocenters. The number of carboxylic acid groups (broad SMARTS) is 1. The minimum atomic E-state index is -3.92. The van der Waals surface area contributed by atoms with E-state index in [1.807, 2.05) is 0 Å².